The predicted octanol–water partition coefficient (Wildman–Crippen LogP) is 3.38. The number of carbonyl (C=O) groups is 1. The van der Waals surface area contributed by atoms with E-state index in [2.05, 4.69) is 11.1 Å². The second-order valence-corrected chi connectivity index (χ2v) is 7.00. The average Bonchev–Trinajstić information content (AvgIpc) is 3.37. The molecule has 0 atom stereocenters. The monoisotopic (exact) mass is 382 g/mol. The summed E-state index contributed by atoms with van der Waals surface area (Å²) in [7, 11) is 0. The molecule has 1 amide bonds. The summed E-state index contributed by atoms with van der Waals surface area (Å²) in [5, 5.41) is 11.3. The first-order valence-electron chi connectivity index (χ1n) is 8.40. The summed E-state index contributed by atoms with van der Waals surface area (Å²) in [6.07, 6.45) is 0. The first kappa shape index (κ1) is 17.2. The fraction of sp³-hybridized carbons (Fsp3) is 0.211. The number of anilines is 1. The van der Waals surface area contributed by atoms with Crippen molar-refractivity contribution in [3.63, 3.8) is 0 Å². The van der Waals surface area contributed by atoms with E-state index in [0.717, 1.165) is 4.88 Å². The Bertz CT molecular complexity index is 984. The van der Waals surface area contributed by atoms with Crippen LogP contribution in [0.15, 0.2) is 46.2 Å². The van der Waals surface area contributed by atoms with Gasteiger partial charge in [0.2, 0.25) is 17.5 Å². The largest absolute Gasteiger partial charge is 0.418 e. The lowest BCUT2D eigenvalue weighted by molar-refractivity contribution is 0.0745. The molecule has 6 nitrogen and oxygen atoms in total. The second kappa shape index (κ2) is 7.21. The maximum absolute atomic E-state index is 13.0. The van der Waals surface area contributed by atoms with Crippen molar-refractivity contribution >= 4 is 23.1 Å². The molecule has 8 heteroatoms. The van der Waals surface area contributed by atoms with E-state index in [4.69, 9.17) is 4.42 Å². The molecule has 0 unspecified atom stereocenters. The van der Waals surface area contributed by atoms with E-state index >= 15 is 0 Å². The number of oxazole rings is 1. The summed E-state index contributed by atoms with van der Waals surface area (Å²) in [4.78, 5) is 21.3. The zero-order valence-corrected chi connectivity index (χ0v) is 15.1. The van der Waals surface area contributed by atoms with Crippen LogP contribution in [0.1, 0.15) is 16.1 Å². The van der Waals surface area contributed by atoms with Gasteiger partial charge in [-0.2, -0.15) is 10.2 Å². The smallest absolute Gasteiger partial charge is 0.253 e. The highest BCUT2D eigenvalue weighted by atomic mass is 32.1. The molecular weight excluding hydrogens is 367 g/mol. The summed E-state index contributed by atoms with van der Waals surface area (Å²) in [6, 6.07) is 11.4. The molecule has 27 heavy (non-hydrogen) atoms. The van der Waals surface area contributed by atoms with Crippen LogP contribution in [0.3, 0.4) is 0 Å². The SMILES string of the molecule is N#Cc1nc(-c2cccs2)oc1N1CCN(C(=O)c2ccc(F)cc2)CC1. The number of amides is 1. The Morgan fingerprint density at radius 3 is 2.56 bits per heavy atom. The Balaban J connectivity index is 1.47. The standard InChI is InChI=1S/C19H15FN4O2S/c20-14-5-3-13(4-6-14)18(25)23-7-9-24(10-8-23)19-15(12-21)22-17(26-19)16-2-1-11-27-16/h1-6,11H,7-10H2. The lowest BCUT2D eigenvalue weighted by Gasteiger charge is -2.34. The van der Waals surface area contributed by atoms with Crippen molar-refractivity contribution in [1.82, 2.24) is 9.88 Å². The van der Waals surface area contributed by atoms with Crippen molar-refractivity contribution in [3.05, 3.63) is 58.9 Å². The molecule has 3 heterocycles. The van der Waals surface area contributed by atoms with E-state index in [-0.39, 0.29) is 17.4 Å². The van der Waals surface area contributed by atoms with Crippen LogP contribution in [0.25, 0.3) is 10.8 Å². The van der Waals surface area contributed by atoms with E-state index in [1.807, 2.05) is 22.4 Å². The van der Waals surface area contributed by atoms with Gasteiger partial charge in [-0.05, 0) is 35.7 Å². The molecule has 1 aliphatic rings. The van der Waals surface area contributed by atoms with Crippen molar-refractivity contribution in [1.29, 1.82) is 5.26 Å². The number of aromatic nitrogens is 1. The van der Waals surface area contributed by atoms with Crippen LogP contribution in [0.4, 0.5) is 10.3 Å². The van der Waals surface area contributed by atoms with E-state index in [1.54, 1.807) is 4.90 Å². The third-order valence-corrected chi connectivity index (χ3v) is 5.25. The number of nitrogens with zero attached hydrogens (tertiary/aromatic N) is 4. The summed E-state index contributed by atoms with van der Waals surface area (Å²) in [5.74, 6) is 0.371. The number of carbonyl (C=O) groups excluding carboxylic acids is 1. The lowest BCUT2D eigenvalue weighted by atomic mass is 10.2. The molecule has 0 saturated carbocycles. The van der Waals surface area contributed by atoms with E-state index in [0.29, 0.717) is 43.5 Å². The summed E-state index contributed by atoms with van der Waals surface area (Å²) in [6.45, 7) is 2.02. The highest BCUT2D eigenvalue weighted by molar-refractivity contribution is 7.13. The van der Waals surface area contributed by atoms with Crippen molar-refractivity contribution in [2.75, 3.05) is 31.1 Å². The first-order chi connectivity index (χ1) is 13.2. The minimum Gasteiger partial charge on any atom is -0.418 e. The molecule has 1 aromatic carbocycles. The minimum absolute atomic E-state index is 0.132. The van der Waals surface area contributed by atoms with E-state index in [1.165, 1.54) is 35.6 Å². The van der Waals surface area contributed by atoms with Crippen LogP contribution < -0.4 is 4.90 Å². The van der Waals surface area contributed by atoms with Gasteiger partial charge in [0.05, 0.1) is 4.88 Å². The highest BCUT2D eigenvalue weighted by Crippen LogP contribution is 2.31. The number of rotatable bonds is 3. The van der Waals surface area contributed by atoms with Crippen molar-refractivity contribution in [2.24, 2.45) is 0 Å². The fourth-order valence-electron chi connectivity index (χ4n) is 2.99. The van der Waals surface area contributed by atoms with Gasteiger partial charge in [-0.25, -0.2) is 4.39 Å². The highest BCUT2D eigenvalue weighted by Gasteiger charge is 2.27. The molecule has 4 rings (SSSR count). The van der Waals surface area contributed by atoms with Gasteiger partial charge in [0.15, 0.2) is 0 Å². The molecule has 0 bridgehead atoms. The van der Waals surface area contributed by atoms with Gasteiger partial charge >= 0.3 is 0 Å². The molecular formula is C19H15FN4O2S. The number of benzene rings is 1. The van der Waals surface area contributed by atoms with Crippen LogP contribution in [0.5, 0.6) is 0 Å². The third kappa shape index (κ3) is 3.41. The molecule has 1 aliphatic heterocycles. The summed E-state index contributed by atoms with van der Waals surface area (Å²) >= 11 is 1.49. The molecule has 3 aromatic rings. The maximum Gasteiger partial charge on any atom is 0.253 e. The number of piperazine rings is 1. The predicted molar refractivity (Wildman–Crippen MR) is 99.0 cm³/mol. The summed E-state index contributed by atoms with van der Waals surface area (Å²) < 4.78 is 18.9. The van der Waals surface area contributed by atoms with Crippen molar-refractivity contribution in [3.8, 4) is 16.8 Å². The number of hydrogen-bond acceptors (Lipinski definition) is 6. The van der Waals surface area contributed by atoms with Gasteiger partial charge in [0.25, 0.3) is 5.91 Å². The molecule has 136 valence electrons. The molecule has 1 saturated heterocycles. The van der Waals surface area contributed by atoms with Gasteiger partial charge in [-0.1, -0.05) is 6.07 Å². The van der Waals surface area contributed by atoms with E-state index in [9.17, 15) is 14.4 Å². The molecule has 2 aromatic heterocycles. The Morgan fingerprint density at radius 2 is 1.93 bits per heavy atom. The number of nitriles is 1. The van der Waals surface area contributed by atoms with Gasteiger partial charge in [-0.15, -0.1) is 11.3 Å². The van der Waals surface area contributed by atoms with Crippen LogP contribution in [-0.2, 0) is 0 Å². The Labute approximate surface area is 159 Å². The number of halogens is 1. The Kier molecular flexibility index (Phi) is 4.60. The second-order valence-electron chi connectivity index (χ2n) is 6.05. The maximum atomic E-state index is 13.0. The Hall–Kier alpha value is -3.18. The van der Waals surface area contributed by atoms with Gasteiger partial charge in [0, 0.05) is 31.7 Å². The zero-order chi connectivity index (χ0) is 18.8. The molecule has 0 spiro atoms. The van der Waals surface area contributed by atoms with E-state index < -0.39 is 0 Å². The number of thiophene rings is 1. The molecule has 0 radical (unpaired) electrons. The van der Waals surface area contributed by atoms with Crippen molar-refractivity contribution < 1.29 is 13.6 Å². The van der Waals surface area contributed by atoms with Crippen LogP contribution >= 0.6 is 11.3 Å². The quantitative estimate of drug-likeness (QED) is 0.694. The Morgan fingerprint density at radius 1 is 1.19 bits per heavy atom. The third-order valence-electron chi connectivity index (χ3n) is 4.39. The van der Waals surface area contributed by atoms with Crippen molar-refractivity contribution in [2.45, 2.75) is 0 Å². The minimum atomic E-state index is -0.368. The molecule has 0 aliphatic carbocycles. The van der Waals surface area contributed by atoms with Crippen LogP contribution in [0, 0.1) is 17.1 Å². The fourth-order valence-corrected chi connectivity index (χ4v) is 3.64. The molecule has 1 fully saturated rings. The topological polar surface area (TPSA) is 73.4 Å². The van der Waals surface area contributed by atoms with Gasteiger partial charge in [-0.3, -0.25) is 4.79 Å². The first-order valence-corrected chi connectivity index (χ1v) is 9.28. The molecule has 0 N–H and O–H groups in total. The van der Waals surface area contributed by atoms with Gasteiger partial charge < -0.3 is 14.2 Å². The summed E-state index contributed by atoms with van der Waals surface area (Å²) in [5.41, 5.74) is 0.707. The normalized spacial score (nSPS) is 14.2. The van der Waals surface area contributed by atoms with Crippen LogP contribution in [0.2, 0.25) is 0 Å². The van der Waals surface area contributed by atoms with Crippen LogP contribution in [-0.4, -0.2) is 42.0 Å². The van der Waals surface area contributed by atoms with Gasteiger partial charge in [0.1, 0.15) is 11.9 Å². The zero-order valence-electron chi connectivity index (χ0n) is 14.3. The average molecular weight is 382 g/mol. The lowest BCUT2D eigenvalue weighted by Crippen LogP contribution is -2.48. The number of hydrogen-bond donors (Lipinski definition) is 0.